The molecular formula is C10H13N5O2S. The molecule has 0 bridgehead atoms. The highest BCUT2D eigenvalue weighted by Crippen LogP contribution is 2.17. The Bertz CT molecular complexity index is 475. The Hall–Kier alpha value is -2.22. The van der Waals surface area contributed by atoms with Gasteiger partial charge in [0.25, 0.3) is 0 Å². The van der Waals surface area contributed by atoms with Crippen molar-refractivity contribution in [1.82, 2.24) is 4.98 Å². The number of pyridine rings is 1. The van der Waals surface area contributed by atoms with Crippen LogP contribution in [-0.4, -0.2) is 34.9 Å². The summed E-state index contributed by atoms with van der Waals surface area (Å²) in [6.45, 7) is -0.353. The Kier molecular flexibility index (Phi) is 4.55. The van der Waals surface area contributed by atoms with Crippen molar-refractivity contribution < 1.29 is 9.59 Å². The first-order valence-corrected chi connectivity index (χ1v) is 5.39. The fourth-order valence-electron chi connectivity index (χ4n) is 1.44. The molecule has 0 aromatic carbocycles. The van der Waals surface area contributed by atoms with Gasteiger partial charge in [0.05, 0.1) is 18.8 Å². The zero-order chi connectivity index (χ0) is 13.7. The van der Waals surface area contributed by atoms with E-state index in [2.05, 4.69) is 4.98 Å². The van der Waals surface area contributed by atoms with Gasteiger partial charge in [-0.15, -0.1) is 0 Å². The van der Waals surface area contributed by atoms with Crippen molar-refractivity contribution in [1.29, 1.82) is 0 Å². The lowest BCUT2D eigenvalue weighted by molar-refractivity contribution is -0.117. The summed E-state index contributed by atoms with van der Waals surface area (Å²) in [5, 5.41) is 0. The maximum Gasteiger partial charge on any atom is 0.236 e. The van der Waals surface area contributed by atoms with Crippen LogP contribution in [0.2, 0.25) is 0 Å². The predicted molar refractivity (Wildman–Crippen MR) is 70.7 cm³/mol. The molecule has 0 aliphatic rings. The number of anilines is 1. The second kappa shape index (κ2) is 5.92. The van der Waals surface area contributed by atoms with Gasteiger partial charge < -0.3 is 22.1 Å². The molecule has 8 heteroatoms. The Morgan fingerprint density at radius 3 is 2.22 bits per heavy atom. The molecule has 18 heavy (non-hydrogen) atoms. The molecule has 6 N–H and O–H groups in total. The third kappa shape index (κ3) is 3.67. The summed E-state index contributed by atoms with van der Waals surface area (Å²) < 4.78 is 0. The molecule has 0 saturated carbocycles. The van der Waals surface area contributed by atoms with Gasteiger partial charge in [0.2, 0.25) is 11.8 Å². The molecule has 0 aliphatic carbocycles. The van der Waals surface area contributed by atoms with E-state index in [4.69, 9.17) is 29.4 Å². The van der Waals surface area contributed by atoms with E-state index < -0.39 is 11.8 Å². The SMILES string of the molecule is NC(=O)CN(CC(N)=O)c1cccnc1C(N)=S. The lowest BCUT2D eigenvalue weighted by atomic mass is 10.2. The fraction of sp³-hybridized carbons (Fsp3) is 0.200. The van der Waals surface area contributed by atoms with Gasteiger partial charge >= 0.3 is 0 Å². The minimum atomic E-state index is -0.603. The van der Waals surface area contributed by atoms with Gasteiger partial charge in [-0.25, -0.2) is 0 Å². The van der Waals surface area contributed by atoms with Crippen LogP contribution in [0.25, 0.3) is 0 Å². The van der Waals surface area contributed by atoms with Crippen molar-refractivity contribution in [2.75, 3.05) is 18.0 Å². The van der Waals surface area contributed by atoms with E-state index >= 15 is 0 Å². The third-order valence-electron chi connectivity index (χ3n) is 2.05. The Morgan fingerprint density at radius 2 is 1.78 bits per heavy atom. The van der Waals surface area contributed by atoms with Crippen LogP contribution in [0.1, 0.15) is 5.69 Å². The predicted octanol–water partition coefficient (Wildman–Crippen LogP) is -1.51. The van der Waals surface area contributed by atoms with Crippen molar-refractivity contribution in [2.45, 2.75) is 0 Å². The van der Waals surface area contributed by atoms with Crippen LogP contribution < -0.4 is 22.1 Å². The number of aromatic nitrogens is 1. The summed E-state index contributed by atoms with van der Waals surface area (Å²) in [4.78, 5) is 27.4. The number of hydrogen-bond donors (Lipinski definition) is 3. The average molecular weight is 267 g/mol. The highest BCUT2D eigenvalue weighted by molar-refractivity contribution is 7.80. The molecule has 0 unspecified atom stereocenters. The third-order valence-corrected chi connectivity index (χ3v) is 2.25. The largest absolute Gasteiger partial charge is 0.388 e. The maximum absolute atomic E-state index is 11.0. The number of thiocarbonyl (C=S) groups is 1. The van der Waals surface area contributed by atoms with Crippen LogP contribution in [0.4, 0.5) is 5.69 Å². The second-order valence-electron chi connectivity index (χ2n) is 3.52. The minimum Gasteiger partial charge on any atom is -0.388 e. The van der Waals surface area contributed by atoms with Gasteiger partial charge in [-0.05, 0) is 12.1 Å². The maximum atomic E-state index is 11.0. The first-order chi connectivity index (χ1) is 8.41. The smallest absolute Gasteiger partial charge is 0.236 e. The quantitative estimate of drug-likeness (QED) is 0.538. The number of amides is 2. The molecule has 1 aromatic rings. The van der Waals surface area contributed by atoms with E-state index in [1.807, 2.05) is 0 Å². The number of carbonyl (C=O) groups excluding carboxylic acids is 2. The monoisotopic (exact) mass is 267 g/mol. The van der Waals surface area contributed by atoms with Gasteiger partial charge in [-0.2, -0.15) is 0 Å². The molecule has 2 amide bonds. The van der Waals surface area contributed by atoms with Crippen molar-refractivity contribution in [3.63, 3.8) is 0 Å². The molecule has 1 rings (SSSR count). The first kappa shape index (κ1) is 13.8. The Balaban J connectivity index is 3.15. The topological polar surface area (TPSA) is 128 Å². The van der Waals surface area contributed by atoms with Crippen LogP contribution in [0, 0.1) is 0 Å². The summed E-state index contributed by atoms with van der Waals surface area (Å²) in [6.07, 6.45) is 1.50. The normalized spacial score (nSPS) is 9.78. The number of hydrogen-bond acceptors (Lipinski definition) is 5. The zero-order valence-corrected chi connectivity index (χ0v) is 10.3. The van der Waals surface area contributed by atoms with E-state index in [0.717, 1.165) is 0 Å². The molecule has 1 aromatic heterocycles. The van der Waals surface area contributed by atoms with E-state index in [1.54, 1.807) is 12.1 Å². The lowest BCUT2D eigenvalue weighted by Gasteiger charge is -2.23. The molecule has 96 valence electrons. The average Bonchev–Trinajstić information content (AvgIpc) is 2.26. The lowest BCUT2D eigenvalue weighted by Crippen LogP contribution is -2.40. The fourth-order valence-corrected chi connectivity index (χ4v) is 1.60. The molecule has 1 heterocycles. The van der Waals surface area contributed by atoms with Crippen molar-refractivity contribution >= 4 is 34.7 Å². The van der Waals surface area contributed by atoms with Crippen molar-refractivity contribution in [2.24, 2.45) is 17.2 Å². The molecule has 0 spiro atoms. The van der Waals surface area contributed by atoms with E-state index in [1.165, 1.54) is 11.1 Å². The standard InChI is InChI=1S/C10H13N5O2S/c11-7(16)4-15(5-8(12)17)6-2-1-3-14-9(6)10(13)18/h1-3H,4-5H2,(H2,11,16)(H2,12,17)(H2,13,18). The molecule has 0 radical (unpaired) electrons. The van der Waals surface area contributed by atoms with Crippen molar-refractivity contribution in [3.05, 3.63) is 24.0 Å². The summed E-state index contributed by atoms with van der Waals surface area (Å²) in [6, 6.07) is 3.26. The van der Waals surface area contributed by atoms with Gasteiger partial charge in [0.1, 0.15) is 10.7 Å². The van der Waals surface area contributed by atoms with E-state index in [-0.39, 0.29) is 18.1 Å². The second-order valence-corrected chi connectivity index (χ2v) is 3.96. The molecule has 0 saturated heterocycles. The molecule has 0 fully saturated rings. The number of nitrogens with two attached hydrogens (primary N) is 3. The Labute approximate surface area is 109 Å². The number of nitrogens with zero attached hydrogens (tertiary/aromatic N) is 2. The highest BCUT2D eigenvalue weighted by atomic mass is 32.1. The summed E-state index contributed by atoms with van der Waals surface area (Å²) >= 11 is 4.85. The summed E-state index contributed by atoms with van der Waals surface area (Å²) in [7, 11) is 0. The van der Waals surface area contributed by atoms with Crippen molar-refractivity contribution in [3.8, 4) is 0 Å². The number of primary amides is 2. The summed E-state index contributed by atoms with van der Waals surface area (Å²) in [5.41, 5.74) is 16.5. The van der Waals surface area contributed by atoms with E-state index in [9.17, 15) is 9.59 Å². The molecule has 7 nitrogen and oxygen atoms in total. The zero-order valence-electron chi connectivity index (χ0n) is 9.50. The van der Waals surface area contributed by atoms with Crippen LogP contribution in [0.5, 0.6) is 0 Å². The van der Waals surface area contributed by atoms with Gasteiger partial charge in [0, 0.05) is 6.20 Å². The molecular weight excluding hydrogens is 254 g/mol. The number of rotatable bonds is 6. The van der Waals surface area contributed by atoms with E-state index in [0.29, 0.717) is 11.4 Å². The van der Waals surface area contributed by atoms with Gasteiger partial charge in [-0.3, -0.25) is 14.6 Å². The van der Waals surface area contributed by atoms with Crippen LogP contribution >= 0.6 is 12.2 Å². The first-order valence-electron chi connectivity index (χ1n) is 4.98. The summed E-state index contributed by atoms with van der Waals surface area (Å²) in [5.74, 6) is -1.21. The minimum absolute atomic E-state index is 0.0598. The van der Waals surface area contributed by atoms with Gasteiger partial charge in [0.15, 0.2) is 0 Å². The van der Waals surface area contributed by atoms with Crippen LogP contribution in [-0.2, 0) is 9.59 Å². The van der Waals surface area contributed by atoms with Crippen LogP contribution in [0.3, 0.4) is 0 Å². The highest BCUT2D eigenvalue weighted by Gasteiger charge is 2.17. The van der Waals surface area contributed by atoms with Gasteiger partial charge in [-0.1, -0.05) is 12.2 Å². The molecule has 0 aliphatic heterocycles. The van der Waals surface area contributed by atoms with Crippen LogP contribution in [0.15, 0.2) is 18.3 Å². The number of carbonyl (C=O) groups is 2. The molecule has 0 atom stereocenters. The Morgan fingerprint density at radius 1 is 1.22 bits per heavy atom.